The molecule has 2 saturated heterocycles. The third-order valence-corrected chi connectivity index (χ3v) is 7.55. The second-order valence-corrected chi connectivity index (χ2v) is 8.83. The van der Waals surface area contributed by atoms with E-state index in [-0.39, 0.29) is 29.2 Å². The Hall–Kier alpha value is -2.57. The van der Waals surface area contributed by atoms with Gasteiger partial charge in [-0.25, -0.2) is 4.79 Å². The molecule has 1 aromatic rings. The van der Waals surface area contributed by atoms with Gasteiger partial charge in [-0.05, 0) is 49.1 Å². The van der Waals surface area contributed by atoms with Crippen molar-refractivity contribution in [1.29, 1.82) is 0 Å². The lowest BCUT2D eigenvalue weighted by Gasteiger charge is -2.44. The van der Waals surface area contributed by atoms with Gasteiger partial charge in [0.15, 0.2) is 0 Å². The van der Waals surface area contributed by atoms with Crippen molar-refractivity contribution in [2.24, 2.45) is 16.7 Å². The highest BCUT2D eigenvalue weighted by Crippen LogP contribution is 2.62. The summed E-state index contributed by atoms with van der Waals surface area (Å²) in [4.78, 5) is 41.3. The molecule has 4 rings (SSSR count). The van der Waals surface area contributed by atoms with Crippen LogP contribution in [0.4, 0.5) is 10.5 Å². The highest BCUT2D eigenvalue weighted by atomic mass is 16.2. The number of para-hydroxylation sites is 1. The number of hydrogen-bond acceptors (Lipinski definition) is 3. The van der Waals surface area contributed by atoms with Crippen LogP contribution in [0.2, 0.25) is 0 Å². The maximum absolute atomic E-state index is 12.9. The molecule has 156 valence electrons. The van der Waals surface area contributed by atoms with Crippen LogP contribution in [-0.4, -0.2) is 60.9 Å². The van der Waals surface area contributed by atoms with Gasteiger partial charge in [-0.2, -0.15) is 0 Å². The van der Waals surface area contributed by atoms with E-state index in [1.54, 1.807) is 14.0 Å². The first-order valence-corrected chi connectivity index (χ1v) is 10.5. The molecule has 1 aromatic carbocycles. The summed E-state index contributed by atoms with van der Waals surface area (Å²) in [6, 6.07) is 9.42. The van der Waals surface area contributed by atoms with Crippen molar-refractivity contribution >= 4 is 23.5 Å². The van der Waals surface area contributed by atoms with Crippen molar-refractivity contribution in [3.63, 3.8) is 0 Å². The number of benzene rings is 1. The Morgan fingerprint density at radius 3 is 2.31 bits per heavy atom. The second kappa shape index (κ2) is 7.35. The summed E-state index contributed by atoms with van der Waals surface area (Å²) < 4.78 is 0. The van der Waals surface area contributed by atoms with Gasteiger partial charge in [0.2, 0.25) is 11.8 Å². The summed E-state index contributed by atoms with van der Waals surface area (Å²) in [5, 5.41) is 5.82. The van der Waals surface area contributed by atoms with E-state index < -0.39 is 5.41 Å². The average Bonchev–Trinajstić information content (AvgIpc) is 3.26. The zero-order chi connectivity index (χ0) is 20.6. The van der Waals surface area contributed by atoms with E-state index in [2.05, 4.69) is 10.6 Å². The third-order valence-electron chi connectivity index (χ3n) is 7.55. The van der Waals surface area contributed by atoms with Crippen LogP contribution in [0.15, 0.2) is 30.3 Å². The first kappa shape index (κ1) is 19.7. The highest BCUT2D eigenvalue weighted by molar-refractivity contribution is 5.89. The summed E-state index contributed by atoms with van der Waals surface area (Å²) in [6.07, 6.45) is 3.57. The molecule has 2 N–H and O–H groups in total. The van der Waals surface area contributed by atoms with E-state index in [1.807, 2.05) is 40.1 Å². The van der Waals surface area contributed by atoms with Gasteiger partial charge in [0, 0.05) is 45.8 Å². The van der Waals surface area contributed by atoms with E-state index in [4.69, 9.17) is 0 Å². The molecule has 29 heavy (non-hydrogen) atoms. The number of nitrogens with one attached hydrogen (secondary N) is 2. The SMILES string of the molecule is CNC(=O)[C@@]12CCC3(CCN(C(=O)Nc4ccccc4)CC3)[C@@H]1CN(C(C)=O)C2. The van der Waals surface area contributed by atoms with E-state index in [1.165, 1.54) is 0 Å². The van der Waals surface area contributed by atoms with E-state index >= 15 is 0 Å². The molecule has 7 heteroatoms. The van der Waals surface area contributed by atoms with Crippen LogP contribution in [0, 0.1) is 16.7 Å². The summed E-state index contributed by atoms with van der Waals surface area (Å²) in [5.74, 6) is 0.267. The van der Waals surface area contributed by atoms with Crippen molar-refractivity contribution in [3.8, 4) is 0 Å². The average molecular weight is 399 g/mol. The molecular weight excluding hydrogens is 368 g/mol. The molecule has 7 nitrogen and oxygen atoms in total. The summed E-state index contributed by atoms with van der Waals surface area (Å²) >= 11 is 0. The summed E-state index contributed by atoms with van der Waals surface area (Å²) in [6.45, 7) is 4.12. The van der Waals surface area contributed by atoms with Gasteiger partial charge in [-0.3, -0.25) is 9.59 Å². The van der Waals surface area contributed by atoms with Crippen LogP contribution >= 0.6 is 0 Å². The predicted molar refractivity (Wildman–Crippen MR) is 110 cm³/mol. The predicted octanol–water partition coefficient (Wildman–Crippen LogP) is 2.31. The van der Waals surface area contributed by atoms with E-state index in [0.717, 1.165) is 31.4 Å². The Balaban J connectivity index is 1.47. The number of carbonyl (C=O) groups is 3. The molecule has 3 aliphatic rings. The largest absolute Gasteiger partial charge is 0.359 e. The molecule has 0 bridgehead atoms. The zero-order valence-corrected chi connectivity index (χ0v) is 17.2. The Morgan fingerprint density at radius 1 is 1.00 bits per heavy atom. The summed E-state index contributed by atoms with van der Waals surface area (Å²) in [5.41, 5.74) is 0.347. The highest BCUT2D eigenvalue weighted by Gasteiger charge is 2.64. The Labute approximate surface area is 171 Å². The molecule has 2 atom stereocenters. The van der Waals surface area contributed by atoms with Gasteiger partial charge in [0.25, 0.3) is 0 Å². The molecule has 1 spiro atoms. The van der Waals surface area contributed by atoms with E-state index in [0.29, 0.717) is 26.2 Å². The van der Waals surface area contributed by atoms with Crippen LogP contribution in [0.25, 0.3) is 0 Å². The fourth-order valence-corrected chi connectivity index (χ4v) is 5.90. The molecule has 3 fully saturated rings. The minimum Gasteiger partial charge on any atom is -0.359 e. The topological polar surface area (TPSA) is 81.8 Å². The van der Waals surface area contributed by atoms with Gasteiger partial charge < -0.3 is 20.4 Å². The van der Waals surface area contributed by atoms with Gasteiger partial charge in [-0.1, -0.05) is 18.2 Å². The van der Waals surface area contributed by atoms with Crippen molar-refractivity contribution < 1.29 is 14.4 Å². The Kier molecular flexibility index (Phi) is 5.00. The normalized spacial score (nSPS) is 27.6. The molecular formula is C22H30N4O3. The van der Waals surface area contributed by atoms with Crippen molar-refractivity contribution in [1.82, 2.24) is 15.1 Å². The Bertz CT molecular complexity index is 804. The minimum atomic E-state index is -0.477. The number of urea groups is 1. The second-order valence-electron chi connectivity index (χ2n) is 8.83. The number of carbonyl (C=O) groups excluding carboxylic acids is 3. The number of hydrogen-bond donors (Lipinski definition) is 2. The van der Waals surface area contributed by atoms with Crippen LogP contribution in [0.3, 0.4) is 0 Å². The zero-order valence-electron chi connectivity index (χ0n) is 17.2. The maximum Gasteiger partial charge on any atom is 0.321 e. The summed E-state index contributed by atoms with van der Waals surface area (Å²) in [7, 11) is 1.69. The monoisotopic (exact) mass is 398 g/mol. The fourth-order valence-electron chi connectivity index (χ4n) is 5.90. The smallest absolute Gasteiger partial charge is 0.321 e. The van der Waals surface area contributed by atoms with Crippen LogP contribution in [-0.2, 0) is 9.59 Å². The lowest BCUT2D eigenvalue weighted by molar-refractivity contribution is -0.133. The van der Waals surface area contributed by atoms with Gasteiger partial charge in [0.1, 0.15) is 0 Å². The number of likely N-dealkylation sites (tertiary alicyclic amines) is 2. The van der Waals surface area contributed by atoms with E-state index in [9.17, 15) is 14.4 Å². The minimum absolute atomic E-state index is 0.0280. The fraction of sp³-hybridized carbons (Fsp3) is 0.591. The van der Waals surface area contributed by atoms with Gasteiger partial charge in [0.05, 0.1) is 5.41 Å². The number of piperidine rings is 1. The molecule has 1 saturated carbocycles. The molecule has 2 aliphatic heterocycles. The van der Waals surface area contributed by atoms with Crippen LogP contribution in [0.5, 0.6) is 0 Å². The van der Waals surface area contributed by atoms with Crippen LogP contribution < -0.4 is 10.6 Å². The van der Waals surface area contributed by atoms with Gasteiger partial charge >= 0.3 is 6.03 Å². The molecule has 0 aromatic heterocycles. The number of nitrogens with zero attached hydrogens (tertiary/aromatic N) is 2. The number of rotatable bonds is 2. The Morgan fingerprint density at radius 2 is 1.69 bits per heavy atom. The molecule has 0 radical (unpaired) electrons. The van der Waals surface area contributed by atoms with Crippen molar-refractivity contribution in [2.75, 3.05) is 38.5 Å². The molecule has 2 heterocycles. The third kappa shape index (κ3) is 3.26. The van der Waals surface area contributed by atoms with Crippen molar-refractivity contribution in [2.45, 2.75) is 32.6 Å². The first-order chi connectivity index (χ1) is 13.9. The molecule has 0 unspecified atom stereocenters. The number of amides is 4. The molecule has 1 aliphatic carbocycles. The first-order valence-electron chi connectivity index (χ1n) is 10.5. The lowest BCUT2D eigenvalue weighted by Crippen LogP contribution is -2.50. The quantitative estimate of drug-likeness (QED) is 0.802. The van der Waals surface area contributed by atoms with Crippen molar-refractivity contribution in [3.05, 3.63) is 30.3 Å². The number of fused-ring (bicyclic) bond motifs is 2. The van der Waals surface area contributed by atoms with Crippen LogP contribution in [0.1, 0.15) is 32.6 Å². The number of anilines is 1. The standard InChI is InChI=1S/C22H30N4O3/c1-16(27)26-14-18-21(8-9-22(18,15-26)19(28)23-2)10-12-25(13-11-21)20(29)24-17-6-4-3-5-7-17/h3-7,18H,8-15H2,1-2H3,(H,23,28)(H,24,29)/t18-,22+/m0/s1. The molecule has 4 amide bonds. The lowest BCUT2D eigenvalue weighted by atomic mass is 9.65. The van der Waals surface area contributed by atoms with Gasteiger partial charge in [-0.15, -0.1) is 0 Å². The maximum atomic E-state index is 12.9.